The van der Waals surface area contributed by atoms with Crippen LogP contribution >= 0.6 is 34.4 Å². The zero-order valence-electron chi connectivity index (χ0n) is 31.9. The summed E-state index contributed by atoms with van der Waals surface area (Å²) in [4.78, 5) is 87.8. The van der Waals surface area contributed by atoms with Crippen molar-refractivity contribution in [3.05, 3.63) is 45.4 Å². The molecule has 2 saturated heterocycles. The lowest BCUT2D eigenvalue weighted by Crippen LogP contribution is -2.52. The monoisotopic (exact) mass is 827 g/mol. The van der Waals surface area contributed by atoms with Crippen molar-refractivity contribution in [1.29, 1.82) is 0 Å². The lowest BCUT2D eigenvalue weighted by atomic mass is 9.94. The largest absolute Gasteiger partial charge is 0.444 e. The van der Waals surface area contributed by atoms with E-state index < -0.39 is 11.9 Å². The van der Waals surface area contributed by atoms with Gasteiger partial charge in [-0.1, -0.05) is 32.1 Å². The van der Waals surface area contributed by atoms with Gasteiger partial charge in [0.2, 0.25) is 29.5 Å². The molecule has 16 nitrogen and oxygen atoms in total. The molecule has 0 radical (unpaired) electrons. The number of carbonyl (C=O) groups is 6. The first-order valence-corrected chi connectivity index (χ1v) is 21.6. The van der Waals surface area contributed by atoms with Crippen molar-refractivity contribution >= 4 is 75.1 Å². The van der Waals surface area contributed by atoms with E-state index in [2.05, 4.69) is 62.2 Å². The lowest BCUT2D eigenvalue weighted by Gasteiger charge is -2.30. The van der Waals surface area contributed by atoms with E-state index in [9.17, 15) is 28.8 Å². The molecule has 7 amide bonds. The number of hydrogen-bond donors (Lipinski definition) is 5. The van der Waals surface area contributed by atoms with Gasteiger partial charge < -0.3 is 30.6 Å². The number of piperidine rings is 2. The summed E-state index contributed by atoms with van der Waals surface area (Å²) in [6.07, 6.45) is 7.74. The van der Waals surface area contributed by atoms with E-state index in [0.717, 1.165) is 39.7 Å². The Morgan fingerprint density at radius 3 is 2.50 bits per heavy atom. The van der Waals surface area contributed by atoms with Gasteiger partial charge in [0.25, 0.3) is 5.91 Å². The number of aromatic nitrogens is 2. The number of nitrogens with zero attached hydrogens (tertiary/aromatic N) is 4. The van der Waals surface area contributed by atoms with E-state index in [4.69, 9.17) is 4.42 Å². The highest BCUT2D eigenvalue weighted by Gasteiger charge is 2.40. The molecule has 0 aromatic carbocycles. The van der Waals surface area contributed by atoms with Crippen LogP contribution < -0.4 is 26.6 Å². The van der Waals surface area contributed by atoms with Gasteiger partial charge in [-0.2, -0.15) is 0 Å². The van der Waals surface area contributed by atoms with Crippen LogP contribution in [0.1, 0.15) is 98.2 Å². The van der Waals surface area contributed by atoms with Crippen molar-refractivity contribution < 1.29 is 33.2 Å². The van der Waals surface area contributed by atoms with Crippen LogP contribution in [0.2, 0.25) is 0 Å². The fraction of sp³-hybridized carbons (Fsp3) is 0.568. The standard InChI is InChI=1S/C37H49N9O7S3/c1-37(2,3)27-16-40-30(53-27)21-55-31-17-42-36(56-31)44-32(49)22-9-13-45(14-10-22)19-29(48)38-11-5-4-6-12-39-35(52)41-15-26-23-18-46(34(51)24(23)20-54-26)25-7-8-28(47)43-33(25)50/h16-17,20,22,25H,4-15,18-19,21H2,1-3H3,(H,38,48)(H2,39,41,52)(H,42,44,49)(H,43,47,50). The third-order valence-electron chi connectivity index (χ3n) is 9.93. The average molecular weight is 828 g/mol. The van der Waals surface area contributed by atoms with Crippen LogP contribution in [0.4, 0.5) is 9.93 Å². The van der Waals surface area contributed by atoms with Gasteiger partial charge in [0.05, 0.1) is 41.0 Å². The van der Waals surface area contributed by atoms with Crippen LogP contribution in [-0.2, 0) is 43.4 Å². The summed E-state index contributed by atoms with van der Waals surface area (Å²) >= 11 is 4.40. The molecule has 1 atom stereocenters. The molecule has 2 fully saturated rings. The number of anilines is 1. The van der Waals surface area contributed by atoms with Gasteiger partial charge in [0.1, 0.15) is 11.8 Å². The second-order valence-electron chi connectivity index (χ2n) is 15.2. The molecule has 1 unspecified atom stereocenters. The Labute approximate surface area is 337 Å². The SMILES string of the molecule is CC(C)(C)c1cnc(CSc2cnc(NC(=O)C3CCN(CC(=O)NCCCCCNC(=O)NCc4scc5c4CN(C4CCC(=O)NC4=O)C5=O)CC3)s2)o1. The minimum Gasteiger partial charge on any atom is -0.444 e. The molecule has 56 heavy (non-hydrogen) atoms. The first-order chi connectivity index (χ1) is 26.8. The van der Waals surface area contributed by atoms with Crippen molar-refractivity contribution in [2.45, 2.75) is 100 Å². The van der Waals surface area contributed by atoms with Gasteiger partial charge >= 0.3 is 6.03 Å². The van der Waals surface area contributed by atoms with Gasteiger partial charge in [0, 0.05) is 47.6 Å². The fourth-order valence-electron chi connectivity index (χ4n) is 6.69. The Morgan fingerprint density at radius 1 is 1.00 bits per heavy atom. The Hall–Kier alpha value is -4.33. The second kappa shape index (κ2) is 18.7. The van der Waals surface area contributed by atoms with E-state index in [1.165, 1.54) is 27.6 Å². The topological polar surface area (TPSA) is 208 Å². The van der Waals surface area contributed by atoms with Crippen LogP contribution in [0, 0.1) is 5.92 Å². The molecule has 19 heteroatoms. The first-order valence-electron chi connectivity index (χ1n) is 18.9. The smallest absolute Gasteiger partial charge is 0.315 e. The number of nitrogens with one attached hydrogen (secondary N) is 5. The number of fused-ring (bicyclic) bond motifs is 1. The minimum absolute atomic E-state index is 0.0420. The summed E-state index contributed by atoms with van der Waals surface area (Å²) in [6, 6.07) is -0.982. The maximum atomic E-state index is 12.9. The van der Waals surface area contributed by atoms with Crippen LogP contribution in [0.3, 0.4) is 0 Å². The number of hydrogen-bond acceptors (Lipinski definition) is 13. The molecule has 0 saturated carbocycles. The normalized spacial score (nSPS) is 17.8. The third-order valence-corrected chi connectivity index (χ3v) is 13.0. The van der Waals surface area contributed by atoms with Gasteiger partial charge in [0.15, 0.2) is 5.13 Å². The third kappa shape index (κ3) is 10.9. The zero-order chi connectivity index (χ0) is 39.8. The van der Waals surface area contributed by atoms with Gasteiger partial charge in [-0.05, 0) is 57.2 Å². The molecule has 3 aliphatic heterocycles. The molecule has 0 aliphatic carbocycles. The highest BCUT2D eigenvalue weighted by atomic mass is 32.2. The van der Waals surface area contributed by atoms with E-state index in [1.807, 2.05) is 0 Å². The van der Waals surface area contributed by atoms with Crippen molar-refractivity contribution in [2.75, 3.05) is 38.0 Å². The lowest BCUT2D eigenvalue weighted by molar-refractivity contribution is -0.137. The van der Waals surface area contributed by atoms with Crippen LogP contribution in [0.25, 0.3) is 0 Å². The summed E-state index contributed by atoms with van der Waals surface area (Å²) in [6.45, 7) is 9.44. The van der Waals surface area contributed by atoms with E-state index >= 15 is 0 Å². The Balaban J connectivity index is 0.782. The highest BCUT2D eigenvalue weighted by molar-refractivity contribution is 8.00. The summed E-state index contributed by atoms with van der Waals surface area (Å²) < 4.78 is 6.83. The summed E-state index contributed by atoms with van der Waals surface area (Å²) in [5.41, 5.74) is 1.26. The van der Waals surface area contributed by atoms with Crippen molar-refractivity contribution in [3.8, 4) is 0 Å². The zero-order valence-corrected chi connectivity index (χ0v) is 34.3. The molecule has 302 valence electrons. The molecule has 3 aliphatic rings. The van der Waals surface area contributed by atoms with Crippen LogP contribution in [0.5, 0.6) is 0 Å². The molecule has 6 heterocycles. The Kier molecular flexibility index (Phi) is 13.8. The second-order valence-corrected chi connectivity index (χ2v) is 18.4. The predicted octanol–water partition coefficient (Wildman–Crippen LogP) is 3.98. The Morgan fingerprint density at radius 2 is 1.77 bits per heavy atom. The maximum Gasteiger partial charge on any atom is 0.315 e. The van der Waals surface area contributed by atoms with Crippen molar-refractivity contribution in [2.24, 2.45) is 5.92 Å². The minimum atomic E-state index is -0.671. The molecule has 5 N–H and O–H groups in total. The molecular weight excluding hydrogens is 779 g/mol. The number of unbranched alkanes of at least 4 members (excludes halogenated alkanes) is 2. The maximum absolute atomic E-state index is 12.9. The number of urea groups is 1. The number of imide groups is 1. The van der Waals surface area contributed by atoms with Crippen molar-refractivity contribution in [1.82, 2.24) is 41.0 Å². The molecule has 0 bridgehead atoms. The number of thiophene rings is 1. The first kappa shape index (κ1) is 41.3. The fourth-order valence-corrected chi connectivity index (χ4v) is 9.40. The number of carbonyl (C=O) groups excluding carboxylic acids is 6. The van der Waals surface area contributed by atoms with Gasteiger partial charge in [-0.3, -0.25) is 34.2 Å². The number of thioether (sulfide) groups is 1. The van der Waals surface area contributed by atoms with Crippen molar-refractivity contribution in [3.63, 3.8) is 0 Å². The van der Waals surface area contributed by atoms with Gasteiger partial charge in [-0.25, -0.2) is 14.8 Å². The summed E-state index contributed by atoms with van der Waals surface area (Å²) in [5, 5.41) is 16.3. The predicted molar refractivity (Wildman–Crippen MR) is 212 cm³/mol. The molecular formula is C37H49N9O7S3. The summed E-state index contributed by atoms with van der Waals surface area (Å²) in [7, 11) is 0. The number of thiazole rings is 1. The van der Waals surface area contributed by atoms with E-state index in [1.54, 1.807) is 29.5 Å². The summed E-state index contributed by atoms with van der Waals surface area (Å²) in [5.74, 6) is 0.869. The molecule has 6 rings (SSSR count). The number of amides is 7. The average Bonchev–Trinajstić information content (AvgIpc) is 3.96. The number of oxazole rings is 1. The highest BCUT2D eigenvalue weighted by Crippen LogP contribution is 2.34. The molecule has 3 aromatic heterocycles. The number of likely N-dealkylation sites (tertiary alicyclic amines) is 1. The van der Waals surface area contributed by atoms with Gasteiger partial charge in [-0.15, -0.1) is 23.1 Å². The van der Waals surface area contributed by atoms with Crippen LogP contribution in [-0.4, -0.2) is 94.1 Å². The van der Waals surface area contributed by atoms with E-state index in [0.29, 0.717) is 74.3 Å². The van der Waals surface area contributed by atoms with Crippen LogP contribution in [0.15, 0.2) is 26.4 Å². The molecule has 0 spiro atoms. The quantitative estimate of drug-likeness (QED) is 0.0793. The Bertz CT molecular complexity index is 1910. The molecule has 3 aromatic rings. The van der Waals surface area contributed by atoms with E-state index in [-0.39, 0.29) is 60.5 Å². The number of rotatable bonds is 16.